The van der Waals surface area contributed by atoms with Gasteiger partial charge in [0.1, 0.15) is 10.8 Å². The highest BCUT2D eigenvalue weighted by Gasteiger charge is 2.53. The molecule has 0 saturated heterocycles. The second-order valence-corrected chi connectivity index (χ2v) is 9.94. The Morgan fingerprint density at radius 1 is 1.10 bits per heavy atom. The van der Waals surface area contributed by atoms with Crippen molar-refractivity contribution >= 4 is 34.6 Å². The predicted octanol–water partition coefficient (Wildman–Crippen LogP) is 5.54. The number of hydrogen-bond acceptors (Lipinski definition) is 4. The number of anilines is 2. The van der Waals surface area contributed by atoms with Crippen LogP contribution in [0.15, 0.2) is 23.1 Å². The summed E-state index contributed by atoms with van der Waals surface area (Å²) in [6.45, 7) is 1.91. The molecular formula is C22H25Cl2N3O2. The molecule has 7 heteroatoms. The van der Waals surface area contributed by atoms with Crippen LogP contribution >= 0.6 is 23.2 Å². The molecule has 2 aromatic rings. The first-order valence-corrected chi connectivity index (χ1v) is 11.0. The van der Waals surface area contributed by atoms with Gasteiger partial charge in [-0.05, 0) is 74.8 Å². The Bertz CT molecular complexity index is 998. The minimum Gasteiger partial charge on any atom is -0.495 e. The first kappa shape index (κ1) is 19.3. The van der Waals surface area contributed by atoms with Crippen molar-refractivity contribution in [2.75, 3.05) is 12.4 Å². The lowest BCUT2D eigenvalue weighted by Gasteiger charge is -2.56. The quantitative estimate of drug-likeness (QED) is 0.687. The van der Waals surface area contributed by atoms with E-state index in [2.05, 4.69) is 10.4 Å². The summed E-state index contributed by atoms with van der Waals surface area (Å²) in [6, 6.07) is 3.62. The molecular weight excluding hydrogens is 409 g/mol. The number of ether oxygens (including phenoxy) is 1. The van der Waals surface area contributed by atoms with E-state index in [1.54, 1.807) is 24.1 Å². The third kappa shape index (κ3) is 3.14. The largest absolute Gasteiger partial charge is 0.495 e. The van der Waals surface area contributed by atoms with E-state index in [4.69, 9.17) is 27.9 Å². The summed E-state index contributed by atoms with van der Waals surface area (Å²) in [5.41, 5.74) is 1.73. The first-order chi connectivity index (χ1) is 13.9. The molecule has 4 bridgehead atoms. The van der Waals surface area contributed by atoms with Crippen LogP contribution in [0.25, 0.3) is 0 Å². The predicted molar refractivity (Wildman–Crippen MR) is 116 cm³/mol. The SMILES string of the molecule is COc1cc(Cl)c(C)cc1Nc1cnn(C23CC4CC(CC(C4)C2)C3)c(=O)c1Cl. The number of rotatable bonds is 4. The van der Waals surface area contributed by atoms with Crippen LogP contribution in [0, 0.1) is 24.7 Å². The molecule has 1 N–H and O–H groups in total. The Morgan fingerprint density at radius 3 is 2.31 bits per heavy atom. The molecule has 0 aliphatic heterocycles. The van der Waals surface area contributed by atoms with Crippen LogP contribution in [0.3, 0.4) is 0 Å². The van der Waals surface area contributed by atoms with Crippen LogP contribution in [-0.2, 0) is 5.54 Å². The molecule has 1 aromatic heterocycles. The molecule has 0 unspecified atom stereocenters. The van der Waals surface area contributed by atoms with Gasteiger partial charge in [-0.25, -0.2) is 4.68 Å². The Labute approximate surface area is 180 Å². The average molecular weight is 434 g/mol. The molecule has 0 spiro atoms. The summed E-state index contributed by atoms with van der Waals surface area (Å²) in [5, 5.41) is 8.61. The third-order valence-corrected chi connectivity index (χ3v) is 7.90. The second kappa shape index (κ2) is 6.92. The molecule has 0 atom stereocenters. The number of nitrogens with one attached hydrogen (secondary N) is 1. The number of aryl methyl sites for hydroxylation is 1. The maximum Gasteiger partial charge on any atom is 0.288 e. The highest BCUT2D eigenvalue weighted by molar-refractivity contribution is 6.33. The Kier molecular flexibility index (Phi) is 4.59. The molecule has 6 rings (SSSR count). The highest BCUT2D eigenvalue weighted by atomic mass is 35.5. The fourth-order valence-corrected chi connectivity index (χ4v) is 6.59. The summed E-state index contributed by atoms with van der Waals surface area (Å²) >= 11 is 12.7. The van der Waals surface area contributed by atoms with E-state index >= 15 is 0 Å². The van der Waals surface area contributed by atoms with Gasteiger partial charge in [-0.2, -0.15) is 5.10 Å². The van der Waals surface area contributed by atoms with Crippen molar-refractivity contribution in [3.8, 4) is 5.75 Å². The molecule has 4 aliphatic carbocycles. The number of methoxy groups -OCH3 is 1. The van der Waals surface area contributed by atoms with Crippen LogP contribution in [-0.4, -0.2) is 16.9 Å². The van der Waals surface area contributed by atoms with Crippen molar-refractivity contribution in [3.05, 3.63) is 44.3 Å². The van der Waals surface area contributed by atoms with Gasteiger partial charge < -0.3 is 10.1 Å². The summed E-state index contributed by atoms with van der Waals surface area (Å²) in [5.74, 6) is 2.77. The van der Waals surface area contributed by atoms with E-state index in [0.717, 1.165) is 42.6 Å². The van der Waals surface area contributed by atoms with Gasteiger partial charge in [-0.15, -0.1) is 0 Å². The molecule has 0 radical (unpaired) electrons. The number of halogens is 2. The van der Waals surface area contributed by atoms with E-state index in [1.165, 1.54) is 19.3 Å². The summed E-state index contributed by atoms with van der Waals surface area (Å²) in [7, 11) is 1.58. The van der Waals surface area contributed by atoms with Gasteiger partial charge in [0.25, 0.3) is 5.56 Å². The second-order valence-electron chi connectivity index (χ2n) is 9.16. The van der Waals surface area contributed by atoms with E-state index < -0.39 is 0 Å². The Hall–Kier alpha value is -1.72. The zero-order valence-electron chi connectivity index (χ0n) is 16.7. The van der Waals surface area contributed by atoms with Gasteiger partial charge in [-0.3, -0.25) is 4.79 Å². The van der Waals surface area contributed by atoms with Crippen molar-refractivity contribution in [1.29, 1.82) is 0 Å². The molecule has 4 saturated carbocycles. The van der Waals surface area contributed by atoms with Crippen LogP contribution in [0.1, 0.15) is 44.1 Å². The van der Waals surface area contributed by atoms with Gasteiger partial charge in [0.05, 0.1) is 30.2 Å². The summed E-state index contributed by atoms with van der Waals surface area (Å²) < 4.78 is 7.12. The van der Waals surface area contributed by atoms with Crippen LogP contribution < -0.4 is 15.6 Å². The van der Waals surface area contributed by atoms with Crippen LogP contribution in [0.2, 0.25) is 10.0 Å². The third-order valence-electron chi connectivity index (χ3n) is 7.12. The van der Waals surface area contributed by atoms with Gasteiger partial charge in [-0.1, -0.05) is 23.2 Å². The van der Waals surface area contributed by atoms with Gasteiger partial charge >= 0.3 is 0 Å². The Morgan fingerprint density at radius 2 is 1.72 bits per heavy atom. The standard InChI is InChI=1S/C22H25Cl2N3O2/c1-12-3-17(19(29-2)7-16(12)23)26-18-11-25-27(21(28)20(18)24)22-8-13-4-14(9-22)6-15(5-13)10-22/h3,7,11,13-15,26H,4-6,8-10H2,1-2H3. The smallest absolute Gasteiger partial charge is 0.288 e. The van der Waals surface area contributed by atoms with Crippen molar-refractivity contribution < 1.29 is 4.74 Å². The average Bonchev–Trinajstić information content (AvgIpc) is 2.67. The molecule has 4 aliphatic rings. The molecule has 1 heterocycles. The fraction of sp³-hybridized carbons (Fsp3) is 0.545. The van der Waals surface area contributed by atoms with E-state index in [1.807, 2.05) is 13.0 Å². The maximum absolute atomic E-state index is 13.2. The monoisotopic (exact) mass is 433 g/mol. The van der Waals surface area contributed by atoms with Crippen molar-refractivity contribution in [2.24, 2.45) is 17.8 Å². The number of aromatic nitrogens is 2. The van der Waals surface area contributed by atoms with E-state index in [9.17, 15) is 4.79 Å². The van der Waals surface area contributed by atoms with Crippen molar-refractivity contribution in [2.45, 2.75) is 51.0 Å². The van der Waals surface area contributed by atoms with Crippen LogP contribution in [0.5, 0.6) is 5.75 Å². The Balaban J connectivity index is 1.50. The van der Waals surface area contributed by atoms with Gasteiger partial charge in [0.2, 0.25) is 0 Å². The zero-order chi connectivity index (χ0) is 20.3. The molecule has 5 nitrogen and oxygen atoms in total. The number of benzene rings is 1. The highest BCUT2D eigenvalue weighted by Crippen LogP contribution is 2.58. The number of hydrogen-bond donors (Lipinski definition) is 1. The van der Waals surface area contributed by atoms with Gasteiger partial charge in [0, 0.05) is 11.1 Å². The normalized spacial score (nSPS) is 29.9. The zero-order valence-corrected chi connectivity index (χ0v) is 18.2. The molecule has 0 amide bonds. The van der Waals surface area contributed by atoms with Crippen LogP contribution in [0.4, 0.5) is 11.4 Å². The van der Waals surface area contributed by atoms with Gasteiger partial charge in [0.15, 0.2) is 0 Å². The lowest BCUT2D eigenvalue weighted by atomic mass is 9.53. The van der Waals surface area contributed by atoms with Crippen molar-refractivity contribution in [1.82, 2.24) is 9.78 Å². The van der Waals surface area contributed by atoms with E-state index in [0.29, 0.717) is 22.1 Å². The first-order valence-electron chi connectivity index (χ1n) is 10.3. The number of nitrogens with zero attached hydrogens (tertiary/aromatic N) is 2. The fourth-order valence-electron chi connectivity index (χ4n) is 6.26. The lowest BCUT2D eigenvalue weighted by Crippen LogP contribution is -2.55. The molecule has 29 heavy (non-hydrogen) atoms. The molecule has 1 aromatic carbocycles. The minimum absolute atomic E-state index is 0.150. The summed E-state index contributed by atoms with van der Waals surface area (Å²) in [6.07, 6.45) is 8.79. The van der Waals surface area contributed by atoms with Crippen molar-refractivity contribution in [3.63, 3.8) is 0 Å². The van der Waals surface area contributed by atoms with E-state index in [-0.39, 0.29) is 16.1 Å². The summed E-state index contributed by atoms with van der Waals surface area (Å²) in [4.78, 5) is 13.2. The maximum atomic E-state index is 13.2. The topological polar surface area (TPSA) is 56.1 Å². The molecule has 4 fully saturated rings. The molecule has 154 valence electrons. The minimum atomic E-state index is -0.205. The lowest BCUT2D eigenvalue weighted by molar-refractivity contribution is -0.0518.